The molecule has 0 aromatic heterocycles. The molecule has 0 spiro atoms. The Morgan fingerprint density at radius 2 is 1.91 bits per heavy atom. The number of primary amides is 1. The summed E-state index contributed by atoms with van der Waals surface area (Å²) in [6.07, 6.45) is 2.66. The van der Waals surface area contributed by atoms with Crippen LogP contribution in [0.15, 0.2) is 0 Å². The average molecular weight is 156 g/mol. The Morgan fingerprint density at radius 3 is 2.36 bits per heavy atom. The van der Waals surface area contributed by atoms with Gasteiger partial charge in [-0.2, -0.15) is 0 Å². The van der Waals surface area contributed by atoms with E-state index in [1.54, 1.807) is 4.90 Å². The summed E-state index contributed by atoms with van der Waals surface area (Å²) < 4.78 is 5.53. The van der Waals surface area contributed by atoms with E-state index in [1.165, 1.54) is 0 Å². The van der Waals surface area contributed by atoms with Crippen LogP contribution in [0.4, 0.5) is 4.79 Å². The van der Waals surface area contributed by atoms with E-state index in [9.17, 15) is 4.79 Å². The van der Waals surface area contributed by atoms with E-state index in [0.29, 0.717) is 13.1 Å². The molecule has 0 saturated carbocycles. The molecular weight excluding hydrogens is 144 g/mol. The molecule has 4 nitrogen and oxygen atoms in total. The van der Waals surface area contributed by atoms with Gasteiger partial charge in [-0.25, -0.2) is 4.79 Å². The molecule has 2 rings (SSSR count). The number of carbonyl (C=O) groups is 1. The third-order valence-electron chi connectivity index (χ3n) is 2.36. The van der Waals surface area contributed by atoms with E-state index in [2.05, 4.69) is 0 Å². The molecule has 2 N–H and O–H groups in total. The number of hydrogen-bond acceptors (Lipinski definition) is 2. The third kappa shape index (κ3) is 1.18. The van der Waals surface area contributed by atoms with Crippen molar-refractivity contribution in [2.75, 3.05) is 13.1 Å². The number of likely N-dealkylation sites (tertiary alicyclic amines) is 1. The van der Waals surface area contributed by atoms with Crippen molar-refractivity contribution in [2.24, 2.45) is 5.73 Å². The first-order valence-corrected chi connectivity index (χ1v) is 3.95. The highest BCUT2D eigenvalue weighted by Crippen LogP contribution is 2.25. The van der Waals surface area contributed by atoms with Gasteiger partial charge in [-0.3, -0.25) is 0 Å². The highest BCUT2D eigenvalue weighted by atomic mass is 16.5. The minimum atomic E-state index is -0.315. The Kier molecular flexibility index (Phi) is 1.49. The number of hydrogen-bond donors (Lipinski definition) is 1. The van der Waals surface area contributed by atoms with Crippen molar-refractivity contribution < 1.29 is 9.53 Å². The topological polar surface area (TPSA) is 55.6 Å². The Morgan fingerprint density at radius 1 is 1.36 bits per heavy atom. The molecular formula is C7H12N2O2. The minimum absolute atomic E-state index is 0.251. The monoisotopic (exact) mass is 156 g/mol. The molecule has 4 heteroatoms. The SMILES string of the molecule is NC(=O)N1CC2CCC(C1)O2. The first-order chi connectivity index (χ1) is 5.25. The largest absolute Gasteiger partial charge is 0.371 e. The lowest BCUT2D eigenvalue weighted by Crippen LogP contribution is -2.48. The van der Waals surface area contributed by atoms with Gasteiger partial charge in [-0.1, -0.05) is 0 Å². The maximum Gasteiger partial charge on any atom is 0.314 e. The fraction of sp³-hybridized carbons (Fsp3) is 0.857. The third-order valence-corrected chi connectivity index (χ3v) is 2.36. The molecule has 2 fully saturated rings. The van der Waals surface area contributed by atoms with Crippen LogP contribution in [0, 0.1) is 0 Å². The summed E-state index contributed by atoms with van der Waals surface area (Å²) in [5.74, 6) is 0. The molecule has 2 heterocycles. The maximum atomic E-state index is 10.8. The molecule has 11 heavy (non-hydrogen) atoms. The van der Waals surface area contributed by atoms with Gasteiger partial charge in [0.05, 0.1) is 12.2 Å². The van der Waals surface area contributed by atoms with Crippen molar-refractivity contribution in [1.29, 1.82) is 0 Å². The predicted octanol–water partition coefficient (Wildman–Crippen LogP) is -0.0717. The van der Waals surface area contributed by atoms with Crippen LogP contribution in [0.5, 0.6) is 0 Å². The number of carbonyl (C=O) groups excluding carboxylic acids is 1. The molecule has 0 aromatic carbocycles. The van der Waals surface area contributed by atoms with Crippen LogP contribution in [0.25, 0.3) is 0 Å². The molecule has 0 aromatic rings. The Bertz CT molecular complexity index is 171. The fourth-order valence-corrected chi connectivity index (χ4v) is 1.79. The average Bonchev–Trinajstić information content (AvgIpc) is 2.30. The Balaban J connectivity index is 2.02. The summed E-state index contributed by atoms with van der Waals surface area (Å²) >= 11 is 0. The first kappa shape index (κ1) is 6.91. The second-order valence-corrected chi connectivity index (χ2v) is 3.20. The van der Waals surface area contributed by atoms with Gasteiger partial charge in [0, 0.05) is 13.1 Å². The number of nitrogens with zero attached hydrogens (tertiary/aromatic N) is 1. The van der Waals surface area contributed by atoms with Crippen LogP contribution in [-0.2, 0) is 4.74 Å². The van der Waals surface area contributed by atoms with E-state index < -0.39 is 0 Å². The van der Waals surface area contributed by atoms with E-state index in [1.807, 2.05) is 0 Å². The van der Waals surface area contributed by atoms with Gasteiger partial charge < -0.3 is 15.4 Å². The molecule has 2 saturated heterocycles. The van der Waals surface area contributed by atoms with Crippen molar-refractivity contribution >= 4 is 6.03 Å². The Labute approximate surface area is 65.3 Å². The number of amides is 2. The molecule has 0 aliphatic carbocycles. The summed E-state index contributed by atoms with van der Waals surface area (Å²) in [7, 11) is 0. The second kappa shape index (κ2) is 2.37. The van der Waals surface area contributed by atoms with E-state index in [0.717, 1.165) is 12.8 Å². The number of ether oxygens (including phenoxy) is 1. The van der Waals surface area contributed by atoms with Gasteiger partial charge in [-0.05, 0) is 12.8 Å². The van der Waals surface area contributed by atoms with Gasteiger partial charge in [0.1, 0.15) is 0 Å². The lowest BCUT2D eigenvalue weighted by Gasteiger charge is -2.30. The first-order valence-electron chi connectivity index (χ1n) is 3.95. The van der Waals surface area contributed by atoms with Gasteiger partial charge in [0.15, 0.2) is 0 Å². The zero-order valence-corrected chi connectivity index (χ0v) is 6.32. The van der Waals surface area contributed by atoms with Crippen molar-refractivity contribution in [3.05, 3.63) is 0 Å². The zero-order valence-electron chi connectivity index (χ0n) is 6.32. The van der Waals surface area contributed by atoms with Gasteiger partial charge in [0.25, 0.3) is 0 Å². The summed E-state index contributed by atoms with van der Waals surface area (Å²) in [5.41, 5.74) is 5.15. The number of fused-ring (bicyclic) bond motifs is 2. The molecule has 2 amide bonds. The Hall–Kier alpha value is -0.770. The van der Waals surface area contributed by atoms with Crippen molar-refractivity contribution in [3.8, 4) is 0 Å². The summed E-state index contributed by atoms with van der Waals surface area (Å²) in [4.78, 5) is 12.4. The van der Waals surface area contributed by atoms with Crippen molar-refractivity contribution in [2.45, 2.75) is 25.0 Å². The zero-order chi connectivity index (χ0) is 7.84. The van der Waals surface area contributed by atoms with Gasteiger partial charge >= 0.3 is 6.03 Å². The molecule has 2 bridgehead atoms. The van der Waals surface area contributed by atoms with E-state index in [-0.39, 0.29) is 18.2 Å². The molecule has 2 unspecified atom stereocenters. The molecule has 2 aliphatic heterocycles. The van der Waals surface area contributed by atoms with Gasteiger partial charge in [-0.15, -0.1) is 0 Å². The lowest BCUT2D eigenvalue weighted by molar-refractivity contribution is -0.0226. The van der Waals surface area contributed by atoms with Crippen LogP contribution in [0.2, 0.25) is 0 Å². The molecule has 0 radical (unpaired) electrons. The minimum Gasteiger partial charge on any atom is -0.371 e. The number of nitrogens with two attached hydrogens (primary N) is 1. The summed E-state index contributed by atoms with van der Waals surface area (Å²) in [6, 6.07) is -0.315. The van der Waals surface area contributed by atoms with Gasteiger partial charge in [0.2, 0.25) is 0 Å². The van der Waals surface area contributed by atoms with Crippen LogP contribution < -0.4 is 5.73 Å². The highest BCUT2D eigenvalue weighted by Gasteiger charge is 2.34. The number of urea groups is 1. The fourth-order valence-electron chi connectivity index (χ4n) is 1.79. The van der Waals surface area contributed by atoms with Crippen LogP contribution in [-0.4, -0.2) is 36.2 Å². The molecule has 2 atom stereocenters. The predicted molar refractivity (Wildman–Crippen MR) is 39.1 cm³/mol. The standard InChI is InChI=1S/C7H12N2O2/c8-7(10)9-3-5-1-2-6(4-9)11-5/h5-6H,1-4H2,(H2,8,10). The van der Waals surface area contributed by atoms with Crippen LogP contribution >= 0.6 is 0 Å². The van der Waals surface area contributed by atoms with Crippen molar-refractivity contribution in [1.82, 2.24) is 4.90 Å². The van der Waals surface area contributed by atoms with Crippen LogP contribution in [0.3, 0.4) is 0 Å². The smallest absolute Gasteiger partial charge is 0.314 e. The molecule has 62 valence electrons. The number of rotatable bonds is 0. The molecule has 2 aliphatic rings. The summed E-state index contributed by atoms with van der Waals surface area (Å²) in [5, 5.41) is 0. The van der Waals surface area contributed by atoms with Crippen LogP contribution in [0.1, 0.15) is 12.8 Å². The lowest BCUT2D eigenvalue weighted by atomic mass is 10.2. The summed E-state index contributed by atoms with van der Waals surface area (Å²) in [6.45, 7) is 1.37. The maximum absolute atomic E-state index is 10.8. The normalized spacial score (nSPS) is 35.8. The quantitative estimate of drug-likeness (QED) is 0.533. The van der Waals surface area contributed by atoms with E-state index >= 15 is 0 Å². The van der Waals surface area contributed by atoms with E-state index in [4.69, 9.17) is 10.5 Å². The van der Waals surface area contributed by atoms with Crippen molar-refractivity contribution in [3.63, 3.8) is 0 Å². The highest BCUT2D eigenvalue weighted by molar-refractivity contribution is 5.72. The second-order valence-electron chi connectivity index (χ2n) is 3.20. The number of morpholine rings is 1.